The van der Waals surface area contributed by atoms with Crippen LogP contribution in [-0.4, -0.2) is 28.7 Å². The molecule has 5 heteroatoms. The maximum atomic E-state index is 10.9. The van der Waals surface area contributed by atoms with Gasteiger partial charge in [0.05, 0.1) is 6.04 Å². The van der Waals surface area contributed by atoms with Gasteiger partial charge in [-0.2, -0.15) is 0 Å². The minimum absolute atomic E-state index is 0.552. The Bertz CT molecular complexity index is 212. The lowest BCUT2D eigenvalue weighted by atomic mass is 9.95. The molecule has 5 nitrogen and oxygen atoms in total. The molecule has 1 saturated heterocycles. The summed E-state index contributed by atoms with van der Waals surface area (Å²) >= 11 is 0. The maximum absolute atomic E-state index is 10.9. The van der Waals surface area contributed by atoms with Gasteiger partial charge in [0.2, 0.25) is 0 Å². The van der Waals surface area contributed by atoms with Gasteiger partial charge in [-0.1, -0.05) is 0 Å². The highest BCUT2D eigenvalue weighted by Gasteiger charge is 2.42. The largest absolute Gasteiger partial charge is 0.378 e. The van der Waals surface area contributed by atoms with Gasteiger partial charge >= 0.3 is 6.03 Å². The average Bonchev–Trinajstić information content (AvgIpc) is 1.84. The van der Waals surface area contributed by atoms with Crippen molar-refractivity contribution in [3.63, 3.8) is 0 Å². The van der Waals surface area contributed by atoms with Gasteiger partial charge in [0.15, 0.2) is 5.60 Å². The first kappa shape index (κ1) is 8.00. The van der Waals surface area contributed by atoms with Crippen molar-refractivity contribution < 1.29 is 14.7 Å². The molecule has 11 heavy (non-hydrogen) atoms. The molecular formula is C6H10N2O3. The van der Waals surface area contributed by atoms with Gasteiger partial charge in [-0.05, 0) is 13.8 Å². The van der Waals surface area contributed by atoms with Crippen LogP contribution in [0.4, 0.5) is 4.79 Å². The zero-order valence-corrected chi connectivity index (χ0v) is 6.34. The molecule has 0 aromatic heterocycles. The second kappa shape index (κ2) is 2.20. The summed E-state index contributed by atoms with van der Waals surface area (Å²) in [6, 6.07) is -1.11. The van der Waals surface area contributed by atoms with Crippen molar-refractivity contribution in [1.82, 2.24) is 10.6 Å². The van der Waals surface area contributed by atoms with E-state index in [-0.39, 0.29) is 0 Å². The van der Waals surface area contributed by atoms with Crippen LogP contribution in [0.3, 0.4) is 0 Å². The summed E-state index contributed by atoms with van der Waals surface area (Å²) in [5.41, 5.74) is -1.51. The maximum Gasteiger partial charge on any atom is 0.321 e. The van der Waals surface area contributed by atoms with Crippen LogP contribution in [0.25, 0.3) is 0 Å². The van der Waals surface area contributed by atoms with Gasteiger partial charge in [0.1, 0.15) is 0 Å². The molecule has 1 aliphatic rings. The standard InChI is InChI=1S/C6H10N2O3/c1-3-6(2,11)4(9)8-5(10)7-3/h3,11H,1-2H3,(H2,7,8,9,10). The first-order chi connectivity index (χ1) is 4.94. The molecule has 2 atom stereocenters. The molecule has 2 unspecified atom stereocenters. The smallest absolute Gasteiger partial charge is 0.321 e. The summed E-state index contributed by atoms with van der Waals surface area (Å²) in [4.78, 5) is 21.5. The number of hydrogen-bond donors (Lipinski definition) is 3. The summed E-state index contributed by atoms with van der Waals surface area (Å²) in [7, 11) is 0. The molecule has 62 valence electrons. The zero-order valence-electron chi connectivity index (χ0n) is 6.34. The summed E-state index contributed by atoms with van der Waals surface area (Å²) in [6.45, 7) is 2.92. The van der Waals surface area contributed by atoms with Crippen LogP contribution in [0.5, 0.6) is 0 Å². The van der Waals surface area contributed by atoms with Gasteiger partial charge in [0, 0.05) is 0 Å². The van der Waals surface area contributed by atoms with Crippen molar-refractivity contribution in [1.29, 1.82) is 0 Å². The van der Waals surface area contributed by atoms with Crippen LogP contribution in [0.1, 0.15) is 13.8 Å². The molecule has 1 fully saturated rings. The van der Waals surface area contributed by atoms with E-state index in [1.165, 1.54) is 6.92 Å². The van der Waals surface area contributed by atoms with E-state index in [4.69, 9.17) is 0 Å². The Morgan fingerprint density at radius 2 is 2.09 bits per heavy atom. The molecule has 0 aliphatic carbocycles. The Kier molecular flexibility index (Phi) is 1.60. The molecule has 0 spiro atoms. The first-order valence-corrected chi connectivity index (χ1v) is 3.29. The number of aliphatic hydroxyl groups is 1. The molecule has 0 radical (unpaired) electrons. The number of rotatable bonds is 0. The highest BCUT2D eigenvalue weighted by atomic mass is 16.3. The fourth-order valence-electron chi connectivity index (χ4n) is 0.800. The normalized spacial score (nSPS) is 37.9. The Morgan fingerprint density at radius 1 is 1.55 bits per heavy atom. The Morgan fingerprint density at radius 3 is 2.55 bits per heavy atom. The van der Waals surface area contributed by atoms with E-state index in [0.29, 0.717) is 0 Å². The van der Waals surface area contributed by atoms with Gasteiger partial charge in [-0.3, -0.25) is 10.1 Å². The third-order valence-corrected chi connectivity index (χ3v) is 1.88. The highest BCUT2D eigenvalue weighted by molar-refractivity contribution is 6.01. The van der Waals surface area contributed by atoms with Gasteiger partial charge in [-0.15, -0.1) is 0 Å². The van der Waals surface area contributed by atoms with Crippen molar-refractivity contribution in [3.8, 4) is 0 Å². The van der Waals surface area contributed by atoms with Crippen LogP contribution >= 0.6 is 0 Å². The predicted octanol–water partition coefficient (Wildman–Crippen LogP) is -1.03. The molecule has 0 aromatic carbocycles. The van der Waals surface area contributed by atoms with Crippen LogP contribution in [0, 0.1) is 0 Å². The second-order valence-corrected chi connectivity index (χ2v) is 2.80. The molecule has 3 amide bonds. The van der Waals surface area contributed by atoms with Crippen LogP contribution in [0.2, 0.25) is 0 Å². The lowest BCUT2D eigenvalue weighted by Gasteiger charge is -2.33. The number of amides is 3. The predicted molar refractivity (Wildman–Crippen MR) is 36.8 cm³/mol. The third kappa shape index (κ3) is 1.19. The quantitative estimate of drug-likeness (QED) is 0.421. The molecular weight excluding hydrogens is 148 g/mol. The molecule has 3 N–H and O–H groups in total. The Balaban J connectivity index is 2.84. The van der Waals surface area contributed by atoms with E-state index in [2.05, 4.69) is 5.32 Å². The summed E-state index contributed by atoms with van der Waals surface area (Å²) < 4.78 is 0. The number of carbonyl (C=O) groups is 2. The van der Waals surface area contributed by atoms with Crippen molar-refractivity contribution >= 4 is 11.9 Å². The van der Waals surface area contributed by atoms with Crippen LogP contribution < -0.4 is 10.6 Å². The third-order valence-electron chi connectivity index (χ3n) is 1.88. The van der Waals surface area contributed by atoms with E-state index >= 15 is 0 Å². The topological polar surface area (TPSA) is 78.4 Å². The van der Waals surface area contributed by atoms with Crippen LogP contribution in [0.15, 0.2) is 0 Å². The number of imide groups is 1. The van der Waals surface area contributed by atoms with Crippen molar-refractivity contribution in [2.75, 3.05) is 0 Å². The van der Waals surface area contributed by atoms with Gasteiger partial charge < -0.3 is 10.4 Å². The van der Waals surface area contributed by atoms with E-state index < -0.39 is 23.6 Å². The first-order valence-electron chi connectivity index (χ1n) is 3.29. The van der Waals surface area contributed by atoms with Gasteiger partial charge in [0.25, 0.3) is 5.91 Å². The monoisotopic (exact) mass is 158 g/mol. The zero-order chi connectivity index (χ0) is 8.65. The highest BCUT2D eigenvalue weighted by Crippen LogP contribution is 2.12. The number of hydrogen-bond acceptors (Lipinski definition) is 3. The van der Waals surface area contributed by atoms with Crippen LogP contribution in [-0.2, 0) is 4.79 Å². The second-order valence-electron chi connectivity index (χ2n) is 2.80. The fraction of sp³-hybridized carbons (Fsp3) is 0.667. The fourth-order valence-corrected chi connectivity index (χ4v) is 0.800. The van der Waals surface area contributed by atoms with Crippen molar-refractivity contribution in [3.05, 3.63) is 0 Å². The van der Waals surface area contributed by atoms with E-state index in [1.54, 1.807) is 6.92 Å². The Hall–Kier alpha value is -1.10. The lowest BCUT2D eigenvalue weighted by molar-refractivity contribution is -0.140. The molecule has 1 heterocycles. The summed E-state index contributed by atoms with van der Waals surface area (Å²) in [5, 5.41) is 13.7. The average molecular weight is 158 g/mol. The summed E-state index contributed by atoms with van der Waals surface area (Å²) in [6.07, 6.45) is 0. The molecule has 0 saturated carbocycles. The number of carbonyl (C=O) groups excluding carboxylic acids is 2. The molecule has 0 bridgehead atoms. The van der Waals surface area contributed by atoms with E-state index in [1.807, 2.05) is 5.32 Å². The minimum atomic E-state index is -1.51. The summed E-state index contributed by atoms with van der Waals surface area (Å²) in [5.74, 6) is -0.659. The van der Waals surface area contributed by atoms with E-state index in [9.17, 15) is 14.7 Å². The lowest BCUT2D eigenvalue weighted by Crippen LogP contribution is -2.66. The molecule has 0 aromatic rings. The van der Waals surface area contributed by atoms with E-state index in [0.717, 1.165) is 0 Å². The molecule has 1 aliphatic heterocycles. The SMILES string of the molecule is CC1NC(=O)NC(=O)C1(C)O. The van der Waals surface area contributed by atoms with Crippen molar-refractivity contribution in [2.45, 2.75) is 25.5 Å². The minimum Gasteiger partial charge on any atom is -0.378 e. The van der Waals surface area contributed by atoms with Gasteiger partial charge in [-0.25, -0.2) is 4.79 Å². The number of nitrogens with one attached hydrogen (secondary N) is 2. The number of urea groups is 1. The molecule has 1 rings (SSSR count). The van der Waals surface area contributed by atoms with Crippen molar-refractivity contribution in [2.24, 2.45) is 0 Å². The Labute approximate surface area is 63.8 Å².